The van der Waals surface area contributed by atoms with Crippen molar-refractivity contribution in [1.82, 2.24) is 10.2 Å². The lowest BCUT2D eigenvalue weighted by atomic mass is 9.91. The minimum absolute atomic E-state index is 0.235. The number of carboxylic acid groups (broad SMARTS) is 1. The van der Waals surface area contributed by atoms with Gasteiger partial charge in [0.2, 0.25) is 0 Å². The molecule has 0 saturated carbocycles. The minimum Gasteiger partial charge on any atom is -0.480 e. The van der Waals surface area contributed by atoms with Crippen molar-refractivity contribution in [3.05, 3.63) is 0 Å². The van der Waals surface area contributed by atoms with Gasteiger partial charge in [-0.1, -0.05) is 13.8 Å². The molecule has 0 aromatic carbocycles. The predicted octanol–water partition coefficient (Wildman–Crippen LogP) is 0.428. The van der Waals surface area contributed by atoms with E-state index in [9.17, 15) is 14.4 Å². The fraction of sp³-hybridized carbons (Fsp3) is 0.700. The second kappa shape index (κ2) is 4.11. The molecule has 0 radical (unpaired) electrons. The van der Waals surface area contributed by atoms with Gasteiger partial charge < -0.3 is 10.4 Å². The molecule has 0 bridgehead atoms. The first-order valence-corrected chi connectivity index (χ1v) is 5.12. The standard InChI is InChI=1S/C10H16N2O4/c1-6(2)4-10(3)8(15)12(5-7(13)14)9(16)11-10/h6H,4-5H2,1-3H3,(H,11,16)(H,13,14)/t10-/m0/s1. The lowest BCUT2D eigenvalue weighted by Crippen LogP contribution is -2.45. The van der Waals surface area contributed by atoms with E-state index < -0.39 is 30.0 Å². The van der Waals surface area contributed by atoms with Crippen LogP contribution < -0.4 is 5.32 Å². The number of amides is 3. The Balaban J connectivity index is 2.84. The smallest absolute Gasteiger partial charge is 0.325 e. The predicted molar refractivity (Wildman–Crippen MR) is 55.7 cm³/mol. The monoisotopic (exact) mass is 228 g/mol. The van der Waals surface area contributed by atoms with E-state index in [0.29, 0.717) is 6.42 Å². The van der Waals surface area contributed by atoms with Crippen LogP contribution in [-0.4, -0.2) is 40.0 Å². The summed E-state index contributed by atoms with van der Waals surface area (Å²) in [5.74, 6) is -1.43. The molecule has 1 rings (SSSR count). The van der Waals surface area contributed by atoms with Gasteiger partial charge in [0.25, 0.3) is 5.91 Å². The highest BCUT2D eigenvalue weighted by atomic mass is 16.4. The normalized spacial score (nSPS) is 25.1. The lowest BCUT2D eigenvalue weighted by molar-refractivity contribution is -0.142. The van der Waals surface area contributed by atoms with Gasteiger partial charge in [-0.2, -0.15) is 0 Å². The summed E-state index contributed by atoms with van der Waals surface area (Å²) in [6.45, 7) is 4.91. The number of nitrogens with zero attached hydrogens (tertiary/aromatic N) is 1. The number of imide groups is 1. The van der Waals surface area contributed by atoms with E-state index in [4.69, 9.17) is 5.11 Å². The number of aliphatic carboxylic acids is 1. The molecule has 0 aromatic rings. The maximum absolute atomic E-state index is 11.9. The Morgan fingerprint density at radius 3 is 2.50 bits per heavy atom. The number of carbonyl (C=O) groups excluding carboxylic acids is 2. The number of rotatable bonds is 4. The Morgan fingerprint density at radius 2 is 2.06 bits per heavy atom. The van der Waals surface area contributed by atoms with E-state index in [1.54, 1.807) is 6.92 Å². The van der Waals surface area contributed by atoms with Crippen LogP contribution in [0.25, 0.3) is 0 Å². The van der Waals surface area contributed by atoms with Gasteiger partial charge in [-0.3, -0.25) is 14.5 Å². The number of hydrogen-bond donors (Lipinski definition) is 2. The van der Waals surface area contributed by atoms with Crippen LogP contribution in [0.5, 0.6) is 0 Å². The number of carbonyl (C=O) groups is 3. The van der Waals surface area contributed by atoms with Crippen molar-refractivity contribution in [2.75, 3.05) is 6.54 Å². The van der Waals surface area contributed by atoms with Crippen molar-refractivity contribution in [3.8, 4) is 0 Å². The summed E-state index contributed by atoms with van der Waals surface area (Å²) in [4.78, 5) is 34.6. The van der Waals surface area contributed by atoms with Crippen LogP contribution in [0.3, 0.4) is 0 Å². The second-order valence-electron chi connectivity index (χ2n) is 4.65. The Kier molecular flexibility index (Phi) is 3.21. The summed E-state index contributed by atoms with van der Waals surface area (Å²) in [5, 5.41) is 11.1. The van der Waals surface area contributed by atoms with Gasteiger partial charge in [0.15, 0.2) is 0 Å². The zero-order valence-electron chi connectivity index (χ0n) is 9.61. The Bertz CT molecular complexity index is 340. The van der Waals surface area contributed by atoms with Crippen molar-refractivity contribution in [2.24, 2.45) is 5.92 Å². The Labute approximate surface area is 93.6 Å². The third kappa shape index (κ3) is 2.32. The van der Waals surface area contributed by atoms with Crippen molar-refractivity contribution in [3.63, 3.8) is 0 Å². The molecule has 0 aromatic heterocycles. The van der Waals surface area contributed by atoms with Crippen LogP contribution in [0.4, 0.5) is 4.79 Å². The van der Waals surface area contributed by atoms with Gasteiger partial charge in [0.1, 0.15) is 12.1 Å². The third-order valence-electron chi connectivity index (χ3n) is 2.46. The Morgan fingerprint density at radius 1 is 1.50 bits per heavy atom. The number of carboxylic acids is 1. The molecule has 0 unspecified atom stereocenters. The average Bonchev–Trinajstić information content (AvgIpc) is 2.27. The maximum Gasteiger partial charge on any atom is 0.325 e. The van der Waals surface area contributed by atoms with E-state index in [0.717, 1.165) is 4.90 Å². The maximum atomic E-state index is 11.9. The zero-order chi connectivity index (χ0) is 12.5. The first kappa shape index (κ1) is 12.5. The van der Waals surface area contributed by atoms with Crippen molar-refractivity contribution >= 4 is 17.9 Å². The van der Waals surface area contributed by atoms with Gasteiger partial charge in [-0.15, -0.1) is 0 Å². The number of nitrogens with one attached hydrogen (secondary N) is 1. The lowest BCUT2D eigenvalue weighted by Gasteiger charge is -2.23. The molecule has 3 amide bonds. The van der Waals surface area contributed by atoms with E-state index in [1.165, 1.54) is 0 Å². The molecule has 2 N–H and O–H groups in total. The largest absolute Gasteiger partial charge is 0.480 e. The number of hydrogen-bond acceptors (Lipinski definition) is 3. The van der Waals surface area contributed by atoms with Crippen molar-refractivity contribution < 1.29 is 19.5 Å². The quantitative estimate of drug-likeness (QED) is 0.683. The van der Waals surface area contributed by atoms with Gasteiger partial charge in [-0.05, 0) is 19.3 Å². The first-order chi connectivity index (χ1) is 7.26. The van der Waals surface area contributed by atoms with Gasteiger partial charge >= 0.3 is 12.0 Å². The molecule has 90 valence electrons. The molecule has 1 atom stereocenters. The highest BCUT2D eigenvalue weighted by Crippen LogP contribution is 2.24. The first-order valence-electron chi connectivity index (χ1n) is 5.12. The molecule has 1 aliphatic rings. The summed E-state index contributed by atoms with van der Waals surface area (Å²) in [7, 11) is 0. The molecule has 1 fully saturated rings. The van der Waals surface area contributed by atoms with Crippen LogP contribution in [0.1, 0.15) is 27.2 Å². The van der Waals surface area contributed by atoms with Crippen molar-refractivity contribution in [1.29, 1.82) is 0 Å². The van der Waals surface area contributed by atoms with Crippen molar-refractivity contribution in [2.45, 2.75) is 32.7 Å². The van der Waals surface area contributed by atoms with E-state index in [2.05, 4.69) is 5.32 Å². The molecular formula is C10H16N2O4. The summed E-state index contributed by atoms with van der Waals surface area (Å²) >= 11 is 0. The number of urea groups is 1. The molecule has 6 nitrogen and oxygen atoms in total. The fourth-order valence-corrected chi connectivity index (χ4v) is 1.98. The summed E-state index contributed by atoms with van der Waals surface area (Å²) in [6, 6.07) is -0.629. The minimum atomic E-state index is -1.20. The molecule has 1 aliphatic heterocycles. The van der Waals surface area contributed by atoms with Gasteiger partial charge in [0, 0.05) is 0 Å². The summed E-state index contributed by atoms with van der Waals surface area (Å²) in [6.07, 6.45) is 0.494. The SMILES string of the molecule is CC(C)C[C@]1(C)NC(=O)N(CC(=O)O)C1=O. The second-order valence-corrected chi connectivity index (χ2v) is 4.65. The van der Waals surface area contributed by atoms with Crippen LogP contribution in [0.2, 0.25) is 0 Å². The summed E-state index contributed by atoms with van der Waals surface area (Å²) in [5.41, 5.74) is -0.972. The van der Waals surface area contributed by atoms with E-state index in [-0.39, 0.29) is 5.92 Å². The topological polar surface area (TPSA) is 86.7 Å². The van der Waals surface area contributed by atoms with Gasteiger partial charge in [-0.25, -0.2) is 4.79 Å². The zero-order valence-corrected chi connectivity index (χ0v) is 9.61. The van der Waals surface area contributed by atoms with E-state index in [1.807, 2.05) is 13.8 Å². The van der Waals surface area contributed by atoms with Gasteiger partial charge in [0.05, 0.1) is 0 Å². The van der Waals surface area contributed by atoms with E-state index >= 15 is 0 Å². The molecule has 0 spiro atoms. The van der Waals surface area contributed by atoms with Crippen LogP contribution in [0.15, 0.2) is 0 Å². The molecule has 16 heavy (non-hydrogen) atoms. The van der Waals surface area contributed by atoms with Crippen LogP contribution in [-0.2, 0) is 9.59 Å². The molecule has 6 heteroatoms. The van der Waals surface area contributed by atoms with Crippen LogP contribution in [0, 0.1) is 5.92 Å². The molecule has 0 aliphatic carbocycles. The highest BCUT2D eigenvalue weighted by molar-refractivity contribution is 6.08. The highest BCUT2D eigenvalue weighted by Gasteiger charge is 2.48. The average molecular weight is 228 g/mol. The third-order valence-corrected chi connectivity index (χ3v) is 2.46. The van der Waals surface area contributed by atoms with Crippen LogP contribution >= 0.6 is 0 Å². The Hall–Kier alpha value is -1.59. The molecule has 1 saturated heterocycles. The molecule has 1 heterocycles. The molecular weight excluding hydrogens is 212 g/mol. The summed E-state index contributed by atoms with van der Waals surface area (Å²) < 4.78 is 0. The fourth-order valence-electron chi connectivity index (χ4n) is 1.98.